The topological polar surface area (TPSA) is 91.8 Å². The minimum Gasteiger partial charge on any atom is -0.481 e. The predicted molar refractivity (Wildman–Crippen MR) is 72.9 cm³/mol. The fourth-order valence-electron chi connectivity index (χ4n) is 3.19. The standard InChI is InChI=1S/C13H21NO5S/c1-14(12(15)8-7-9(8)13(16)17)10-5-3-4-6-11(10)20(2,18)19/h8-11H,3-7H2,1-2H3,(H,16,17)/t8-,9+,10-,11+/m1/s1. The zero-order chi connectivity index (χ0) is 15.1. The highest BCUT2D eigenvalue weighted by molar-refractivity contribution is 7.91. The molecule has 2 aliphatic carbocycles. The van der Waals surface area contributed by atoms with E-state index >= 15 is 0 Å². The zero-order valence-electron chi connectivity index (χ0n) is 11.8. The predicted octanol–water partition coefficient (Wildman–Crippen LogP) is 0.521. The van der Waals surface area contributed by atoms with Crippen LogP contribution in [0, 0.1) is 11.8 Å². The maximum absolute atomic E-state index is 12.3. The molecule has 0 aliphatic heterocycles. The van der Waals surface area contributed by atoms with Crippen molar-refractivity contribution < 1.29 is 23.1 Å². The van der Waals surface area contributed by atoms with Crippen molar-refractivity contribution in [3.05, 3.63) is 0 Å². The van der Waals surface area contributed by atoms with Crippen LogP contribution in [0.1, 0.15) is 32.1 Å². The second-order valence-electron chi connectivity index (χ2n) is 5.96. The number of aliphatic carboxylic acids is 1. The molecule has 0 spiro atoms. The van der Waals surface area contributed by atoms with Gasteiger partial charge in [-0.3, -0.25) is 9.59 Å². The first-order valence-corrected chi connectivity index (χ1v) is 8.87. The van der Waals surface area contributed by atoms with Gasteiger partial charge in [0.15, 0.2) is 9.84 Å². The van der Waals surface area contributed by atoms with Gasteiger partial charge >= 0.3 is 5.97 Å². The zero-order valence-corrected chi connectivity index (χ0v) is 12.6. The van der Waals surface area contributed by atoms with Crippen LogP contribution < -0.4 is 0 Å². The average Bonchev–Trinajstić information content (AvgIpc) is 3.16. The van der Waals surface area contributed by atoms with Gasteiger partial charge in [-0.05, 0) is 19.3 Å². The molecule has 1 N–H and O–H groups in total. The smallest absolute Gasteiger partial charge is 0.307 e. The van der Waals surface area contributed by atoms with E-state index in [9.17, 15) is 18.0 Å². The lowest BCUT2D eigenvalue weighted by molar-refractivity contribution is -0.142. The third kappa shape index (κ3) is 2.97. The lowest BCUT2D eigenvalue weighted by Crippen LogP contribution is -2.49. The van der Waals surface area contributed by atoms with Crippen LogP contribution in [0.3, 0.4) is 0 Å². The molecule has 4 atom stereocenters. The largest absolute Gasteiger partial charge is 0.481 e. The van der Waals surface area contributed by atoms with Gasteiger partial charge in [0.2, 0.25) is 5.91 Å². The fourth-order valence-corrected chi connectivity index (χ4v) is 4.67. The van der Waals surface area contributed by atoms with Gasteiger partial charge in [0.05, 0.1) is 17.1 Å². The van der Waals surface area contributed by atoms with Crippen molar-refractivity contribution in [2.75, 3.05) is 13.3 Å². The number of carboxylic acids is 1. The van der Waals surface area contributed by atoms with Gasteiger partial charge in [0.1, 0.15) is 0 Å². The van der Waals surface area contributed by atoms with E-state index in [0.29, 0.717) is 19.3 Å². The van der Waals surface area contributed by atoms with Crippen molar-refractivity contribution in [2.24, 2.45) is 11.8 Å². The van der Waals surface area contributed by atoms with Gasteiger partial charge in [-0.2, -0.15) is 0 Å². The summed E-state index contributed by atoms with van der Waals surface area (Å²) in [5.41, 5.74) is 0. The Morgan fingerprint density at radius 1 is 1.15 bits per heavy atom. The second-order valence-corrected chi connectivity index (χ2v) is 8.22. The summed E-state index contributed by atoms with van der Waals surface area (Å²) in [7, 11) is -1.59. The first-order chi connectivity index (χ1) is 9.23. The molecule has 0 bridgehead atoms. The summed E-state index contributed by atoms with van der Waals surface area (Å²) < 4.78 is 23.7. The molecule has 0 radical (unpaired) electrons. The molecule has 6 nitrogen and oxygen atoms in total. The summed E-state index contributed by atoms with van der Waals surface area (Å²) in [4.78, 5) is 24.6. The number of amides is 1. The van der Waals surface area contributed by atoms with E-state index in [2.05, 4.69) is 0 Å². The molecule has 2 rings (SSSR count). The van der Waals surface area contributed by atoms with Crippen LogP contribution in [0.5, 0.6) is 0 Å². The van der Waals surface area contributed by atoms with Crippen LogP contribution in [-0.4, -0.2) is 54.9 Å². The number of sulfone groups is 1. The van der Waals surface area contributed by atoms with Crippen molar-refractivity contribution in [1.29, 1.82) is 0 Å². The minimum absolute atomic E-state index is 0.224. The molecule has 0 saturated heterocycles. The van der Waals surface area contributed by atoms with E-state index in [4.69, 9.17) is 5.11 Å². The Morgan fingerprint density at radius 2 is 1.75 bits per heavy atom. The molecule has 7 heteroatoms. The minimum atomic E-state index is -3.20. The quantitative estimate of drug-likeness (QED) is 0.817. The molecule has 114 valence electrons. The van der Waals surface area contributed by atoms with E-state index in [0.717, 1.165) is 12.8 Å². The van der Waals surface area contributed by atoms with Gasteiger partial charge in [-0.25, -0.2) is 8.42 Å². The molecule has 0 aromatic heterocycles. The Balaban J connectivity index is 2.09. The summed E-state index contributed by atoms with van der Waals surface area (Å²) >= 11 is 0. The molecular weight excluding hydrogens is 282 g/mol. The maximum atomic E-state index is 12.3. The Hall–Kier alpha value is -1.11. The average molecular weight is 303 g/mol. The van der Waals surface area contributed by atoms with Crippen molar-refractivity contribution in [3.8, 4) is 0 Å². The molecule has 0 aromatic rings. The van der Waals surface area contributed by atoms with Crippen LogP contribution in [0.2, 0.25) is 0 Å². The lowest BCUT2D eigenvalue weighted by atomic mass is 9.93. The highest BCUT2D eigenvalue weighted by Crippen LogP contribution is 2.41. The monoisotopic (exact) mass is 303 g/mol. The number of carboxylic acid groups (broad SMARTS) is 1. The highest BCUT2D eigenvalue weighted by Gasteiger charge is 2.51. The van der Waals surface area contributed by atoms with Crippen molar-refractivity contribution in [1.82, 2.24) is 4.90 Å². The molecule has 0 aromatic carbocycles. The Kier molecular flexibility index (Phi) is 4.09. The van der Waals surface area contributed by atoms with Crippen LogP contribution in [-0.2, 0) is 19.4 Å². The normalized spacial score (nSPS) is 33.5. The molecular formula is C13H21NO5S. The van der Waals surface area contributed by atoms with E-state index < -0.39 is 32.9 Å². The second kappa shape index (κ2) is 5.35. The Bertz CT molecular complexity index is 515. The Labute approximate surface area is 119 Å². The number of carbonyl (C=O) groups excluding carboxylic acids is 1. The SMILES string of the molecule is CN(C(=O)[C@@H]1C[C@@H]1C(=O)O)[C@@H]1CCCC[C@@H]1S(C)(=O)=O. The summed E-state index contributed by atoms with van der Waals surface area (Å²) in [5.74, 6) is -2.23. The fraction of sp³-hybridized carbons (Fsp3) is 0.846. The third-order valence-corrected chi connectivity index (χ3v) is 6.14. The van der Waals surface area contributed by atoms with Crippen molar-refractivity contribution in [3.63, 3.8) is 0 Å². The first-order valence-electron chi connectivity index (χ1n) is 6.92. The van der Waals surface area contributed by atoms with Gasteiger partial charge < -0.3 is 10.0 Å². The number of hydrogen-bond donors (Lipinski definition) is 1. The third-order valence-electron chi connectivity index (χ3n) is 4.49. The van der Waals surface area contributed by atoms with Gasteiger partial charge in [-0.1, -0.05) is 12.8 Å². The van der Waals surface area contributed by atoms with Crippen LogP contribution in [0.4, 0.5) is 0 Å². The summed E-state index contributed by atoms with van der Waals surface area (Å²) in [6, 6.07) is -0.318. The van der Waals surface area contributed by atoms with Gasteiger partial charge in [-0.15, -0.1) is 0 Å². The van der Waals surface area contributed by atoms with Crippen LogP contribution in [0.25, 0.3) is 0 Å². The number of rotatable bonds is 4. The first kappa shape index (κ1) is 15.3. The van der Waals surface area contributed by atoms with E-state index in [1.54, 1.807) is 7.05 Å². The van der Waals surface area contributed by atoms with Crippen LogP contribution in [0.15, 0.2) is 0 Å². The van der Waals surface area contributed by atoms with Crippen molar-refractivity contribution in [2.45, 2.75) is 43.4 Å². The summed E-state index contributed by atoms with van der Waals surface area (Å²) in [5, 5.41) is 8.36. The number of nitrogens with zero attached hydrogens (tertiary/aromatic N) is 1. The van der Waals surface area contributed by atoms with Crippen LogP contribution >= 0.6 is 0 Å². The van der Waals surface area contributed by atoms with Gasteiger partial charge in [0.25, 0.3) is 0 Å². The molecule has 1 amide bonds. The molecule has 0 unspecified atom stereocenters. The summed E-state index contributed by atoms with van der Waals surface area (Å²) in [6.07, 6.45) is 4.59. The van der Waals surface area contributed by atoms with Crippen molar-refractivity contribution >= 4 is 21.7 Å². The number of carbonyl (C=O) groups is 2. The molecule has 20 heavy (non-hydrogen) atoms. The molecule has 0 heterocycles. The Morgan fingerprint density at radius 3 is 2.25 bits per heavy atom. The summed E-state index contributed by atoms with van der Waals surface area (Å²) in [6.45, 7) is 0. The van der Waals surface area contributed by atoms with E-state index in [1.165, 1.54) is 11.2 Å². The number of hydrogen-bond acceptors (Lipinski definition) is 4. The molecule has 2 aliphatic rings. The molecule has 2 saturated carbocycles. The lowest BCUT2D eigenvalue weighted by Gasteiger charge is -2.37. The molecule has 2 fully saturated rings. The van der Waals surface area contributed by atoms with E-state index in [-0.39, 0.29) is 11.9 Å². The maximum Gasteiger partial charge on any atom is 0.307 e. The van der Waals surface area contributed by atoms with Gasteiger partial charge in [0, 0.05) is 19.3 Å². The highest BCUT2D eigenvalue weighted by atomic mass is 32.2. The van der Waals surface area contributed by atoms with E-state index in [1.807, 2.05) is 0 Å².